The van der Waals surface area contributed by atoms with Gasteiger partial charge in [0.2, 0.25) is 0 Å². The third-order valence-corrected chi connectivity index (χ3v) is 2.93. The molecule has 16 heavy (non-hydrogen) atoms. The Labute approximate surface area is 104 Å². The second-order valence-corrected chi connectivity index (χ2v) is 4.29. The van der Waals surface area contributed by atoms with Crippen LogP contribution in [0.15, 0.2) is 18.2 Å². The molecule has 0 aromatic heterocycles. The van der Waals surface area contributed by atoms with E-state index in [9.17, 15) is 5.21 Å². The summed E-state index contributed by atoms with van der Waals surface area (Å²) in [6, 6.07) is 4.23. The van der Waals surface area contributed by atoms with Gasteiger partial charge in [-0.1, -0.05) is 29.3 Å². The summed E-state index contributed by atoms with van der Waals surface area (Å²) < 4.78 is 5.17. The van der Waals surface area contributed by atoms with Crippen molar-refractivity contribution in [2.24, 2.45) is 0 Å². The van der Waals surface area contributed by atoms with E-state index in [2.05, 4.69) is 0 Å². The monoisotopic (exact) mass is 265 g/mol. The summed E-state index contributed by atoms with van der Waals surface area (Å²) in [5.74, 6) is 0. The Bertz CT molecular complexity index is 360. The summed E-state index contributed by atoms with van der Waals surface area (Å²) in [7, 11) is 1.45. The molecule has 0 heterocycles. The van der Waals surface area contributed by atoms with Crippen molar-refractivity contribution in [3.8, 4) is 0 Å². The van der Waals surface area contributed by atoms with Crippen molar-refractivity contribution in [1.82, 2.24) is 0 Å². The van der Waals surface area contributed by atoms with Gasteiger partial charge in [0, 0.05) is 22.7 Å². The fourth-order valence-corrected chi connectivity index (χ4v) is 1.98. The van der Waals surface area contributed by atoms with Crippen LogP contribution in [-0.2, 0) is 4.74 Å². The van der Waals surface area contributed by atoms with E-state index in [1.54, 1.807) is 25.1 Å². The molecule has 3 unspecified atom stereocenters. The first-order valence-electron chi connectivity index (χ1n) is 4.68. The molecule has 0 saturated carbocycles. The molecule has 90 valence electrons. The zero-order valence-electron chi connectivity index (χ0n) is 8.91. The number of rotatable bonds is 4. The predicted octanol–water partition coefficient (Wildman–Crippen LogP) is 1.84. The molecule has 2 N–H and O–H groups in total. The van der Waals surface area contributed by atoms with Gasteiger partial charge < -0.3 is 9.94 Å². The van der Waals surface area contributed by atoms with E-state index in [1.807, 2.05) is 0 Å². The molecule has 1 aromatic rings. The lowest BCUT2D eigenvalue weighted by molar-refractivity contribution is -1.07. The molecule has 0 radical (unpaired) electrons. The molecule has 0 aliphatic rings. The van der Waals surface area contributed by atoms with E-state index in [-0.39, 0.29) is 0 Å². The zero-order chi connectivity index (χ0) is 12.3. The Morgan fingerprint density at radius 2 is 2.06 bits per heavy atom. The summed E-state index contributed by atoms with van der Waals surface area (Å²) in [6.45, 7) is 1.57. The molecule has 1 rings (SSSR count). The van der Waals surface area contributed by atoms with Gasteiger partial charge in [0.15, 0.2) is 0 Å². The number of benzene rings is 1. The first kappa shape index (κ1) is 13.7. The Balaban J connectivity index is 3.04. The third kappa shape index (κ3) is 3.07. The molecule has 6 heteroatoms. The largest absolute Gasteiger partial charge is 0.600 e. The highest BCUT2D eigenvalue weighted by atomic mass is 35.5. The van der Waals surface area contributed by atoms with Crippen molar-refractivity contribution < 1.29 is 15.2 Å². The van der Waals surface area contributed by atoms with Crippen molar-refractivity contribution in [1.29, 1.82) is 0 Å². The van der Waals surface area contributed by atoms with Crippen molar-refractivity contribution >= 4 is 23.2 Å². The summed E-state index contributed by atoms with van der Waals surface area (Å²) in [4.78, 5) is 0. The first-order valence-corrected chi connectivity index (χ1v) is 5.43. The number of hydrogen-bond acceptors (Lipinski definition) is 3. The van der Waals surface area contributed by atoms with E-state index in [0.29, 0.717) is 15.6 Å². The van der Waals surface area contributed by atoms with Crippen LogP contribution in [0.3, 0.4) is 0 Å². The fraction of sp³-hybridized carbons (Fsp3) is 0.400. The van der Waals surface area contributed by atoms with Crippen LogP contribution >= 0.6 is 23.2 Å². The van der Waals surface area contributed by atoms with Crippen LogP contribution in [0.1, 0.15) is 18.6 Å². The molecule has 0 saturated heterocycles. The maximum absolute atomic E-state index is 10.9. The highest BCUT2D eigenvalue weighted by molar-refractivity contribution is 6.35. The van der Waals surface area contributed by atoms with Crippen molar-refractivity contribution in [2.75, 3.05) is 7.11 Å². The number of nitrogens with one attached hydrogen (secondary N) is 1. The van der Waals surface area contributed by atoms with Crippen molar-refractivity contribution in [2.45, 2.75) is 19.1 Å². The summed E-state index contributed by atoms with van der Waals surface area (Å²) >= 11 is 11.8. The van der Waals surface area contributed by atoms with Crippen LogP contribution in [0.25, 0.3) is 0 Å². The lowest BCUT2D eigenvalue weighted by Crippen LogP contribution is -3.09. The number of methoxy groups -OCH3 is 1. The number of quaternary nitrogens is 1. The first-order chi connectivity index (χ1) is 7.47. The number of hydroxylamine groups is 2. The minimum absolute atomic E-state index is 0.410. The van der Waals surface area contributed by atoms with Gasteiger partial charge in [0.1, 0.15) is 12.1 Å². The van der Waals surface area contributed by atoms with E-state index in [0.717, 1.165) is 0 Å². The quantitative estimate of drug-likeness (QED) is 0.817. The van der Waals surface area contributed by atoms with Crippen LogP contribution < -0.4 is 5.23 Å². The molecule has 0 fully saturated rings. The highest BCUT2D eigenvalue weighted by Gasteiger charge is 2.26. The molecule has 4 nitrogen and oxygen atoms in total. The SMILES string of the molecule is COC(c1ccc(Cl)cc1Cl)C(C)[NH+]([O-])O. The highest BCUT2D eigenvalue weighted by Crippen LogP contribution is 2.29. The summed E-state index contributed by atoms with van der Waals surface area (Å²) in [6.07, 6.45) is -0.581. The normalized spacial score (nSPS) is 16.9. The maximum atomic E-state index is 10.9. The minimum atomic E-state index is -0.933. The number of ether oxygens (including phenoxy) is 1. The predicted molar refractivity (Wildman–Crippen MR) is 61.8 cm³/mol. The standard InChI is InChI=1S/C10H13Cl2NO3/c1-6(13(14)15)10(16-2)8-4-3-7(11)5-9(8)12/h3-6,10,13-14H,1-2H3. The van der Waals surface area contributed by atoms with E-state index >= 15 is 0 Å². The molecule has 0 bridgehead atoms. The van der Waals surface area contributed by atoms with Crippen LogP contribution in [0.4, 0.5) is 0 Å². The summed E-state index contributed by atoms with van der Waals surface area (Å²) in [5, 5.41) is 19.8. The van der Waals surface area contributed by atoms with Gasteiger partial charge >= 0.3 is 0 Å². The van der Waals surface area contributed by atoms with Crippen LogP contribution in [0.5, 0.6) is 0 Å². The second-order valence-electron chi connectivity index (χ2n) is 3.45. The smallest absolute Gasteiger partial charge is 0.145 e. The molecular formula is C10H13Cl2NO3. The maximum Gasteiger partial charge on any atom is 0.145 e. The number of halogens is 2. The van der Waals surface area contributed by atoms with Crippen molar-refractivity contribution in [3.05, 3.63) is 39.0 Å². The molecule has 0 aliphatic heterocycles. The molecule has 0 amide bonds. The Morgan fingerprint density at radius 1 is 1.44 bits per heavy atom. The number of hydrogen-bond donors (Lipinski definition) is 2. The van der Waals surface area contributed by atoms with Gasteiger partial charge in [-0.2, -0.15) is 0 Å². The van der Waals surface area contributed by atoms with Crippen molar-refractivity contribution in [3.63, 3.8) is 0 Å². The van der Waals surface area contributed by atoms with Gasteiger partial charge in [-0.25, -0.2) is 10.4 Å². The Hall–Kier alpha value is -0.360. The lowest BCUT2D eigenvalue weighted by atomic mass is 10.0. The average molecular weight is 266 g/mol. The van der Waals surface area contributed by atoms with E-state index in [1.165, 1.54) is 7.11 Å². The van der Waals surface area contributed by atoms with Gasteiger partial charge in [0.25, 0.3) is 0 Å². The molecule has 0 spiro atoms. The van der Waals surface area contributed by atoms with Crippen LogP contribution in [0.2, 0.25) is 10.0 Å². The lowest BCUT2D eigenvalue weighted by Gasteiger charge is -2.28. The average Bonchev–Trinajstić information content (AvgIpc) is 2.21. The minimum Gasteiger partial charge on any atom is -0.600 e. The van der Waals surface area contributed by atoms with Crippen LogP contribution in [-0.4, -0.2) is 18.4 Å². The second kappa shape index (κ2) is 5.82. The molecule has 1 aromatic carbocycles. The Morgan fingerprint density at radius 3 is 2.50 bits per heavy atom. The third-order valence-electron chi connectivity index (χ3n) is 2.37. The van der Waals surface area contributed by atoms with Gasteiger partial charge in [-0.05, 0) is 19.1 Å². The fourth-order valence-electron chi connectivity index (χ4n) is 1.46. The molecular weight excluding hydrogens is 253 g/mol. The van der Waals surface area contributed by atoms with E-state index < -0.39 is 17.4 Å². The molecule has 0 aliphatic carbocycles. The zero-order valence-corrected chi connectivity index (χ0v) is 10.4. The Kier molecular flexibility index (Phi) is 4.98. The van der Waals surface area contributed by atoms with E-state index in [4.69, 9.17) is 33.1 Å². The van der Waals surface area contributed by atoms with Gasteiger partial charge in [-0.3, -0.25) is 0 Å². The van der Waals surface area contributed by atoms with Gasteiger partial charge in [0.05, 0.1) is 0 Å². The van der Waals surface area contributed by atoms with Gasteiger partial charge in [-0.15, -0.1) is 0 Å². The van der Waals surface area contributed by atoms with Crippen LogP contribution in [0, 0.1) is 5.21 Å². The molecule has 3 atom stereocenters. The topological polar surface area (TPSA) is 57.0 Å². The summed E-state index contributed by atoms with van der Waals surface area (Å²) in [5.41, 5.74) is 0.628.